The van der Waals surface area contributed by atoms with Gasteiger partial charge in [-0.2, -0.15) is 0 Å². The summed E-state index contributed by atoms with van der Waals surface area (Å²) in [7, 11) is 0. The maximum absolute atomic E-state index is 13.8. The molecule has 2 heterocycles. The zero-order valence-corrected chi connectivity index (χ0v) is 12.6. The molecule has 1 aromatic carbocycles. The molecular weight excluding hydrogens is 297 g/mol. The summed E-state index contributed by atoms with van der Waals surface area (Å²) in [5, 5.41) is 2.74. The van der Waals surface area contributed by atoms with Gasteiger partial charge < -0.3 is 10.2 Å². The van der Waals surface area contributed by atoms with E-state index in [1.165, 1.54) is 17.0 Å². The quantitative estimate of drug-likeness (QED) is 0.947. The molecule has 0 unspecified atom stereocenters. The number of aromatic nitrogens is 1. The second-order valence-corrected chi connectivity index (χ2v) is 5.51. The van der Waals surface area contributed by atoms with Crippen LogP contribution >= 0.6 is 0 Å². The number of carbonyl (C=O) groups excluding carboxylic acids is 2. The SMILES string of the molecule is Cc1cccnc1NC(=O)[C@@H]1CC(=O)N(c2ccccc2F)C1. The highest BCUT2D eigenvalue weighted by molar-refractivity contribution is 6.03. The van der Waals surface area contributed by atoms with Gasteiger partial charge in [0, 0.05) is 19.2 Å². The fraction of sp³-hybridized carbons (Fsp3) is 0.235. The van der Waals surface area contributed by atoms with Gasteiger partial charge in [-0.1, -0.05) is 18.2 Å². The first-order valence-corrected chi connectivity index (χ1v) is 7.33. The van der Waals surface area contributed by atoms with Gasteiger partial charge in [0.1, 0.15) is 11.6 Å². The van der Waals surface area contributed by atoms with Gasteiger partial charge in [0.25, 0.3) is 0 Å². The molecule has 1 saturated heterocycles. The second kappa shape index (κ2) is 6.16. The van der Waals surface area contributed by atoms with E-state index in [-0.39, 0.29) is 30.5 Å². The third-order valence-corrected chi connectivity index (χ3v) is 3.89. The Morgan fingerprint density at radius 2 is 2.09 bits per heavy atom. The maximum Gasteiger partial charge on any atom is 0.230 e. The Morgan fingerprint density at radius 1 is 1.30 bits per heavy atom. The largest absolute Gasteiger partial charge is 0.310 e. The zero-order chi connectivity index (χ0) is 16.4. The molecule has 23 heavy (non-hydrogen) atoms. The molecule has 1 aliphatic heterocycles. The van der Waals surface area contributed by atoms with Crippen LogP contribution in [-0.2, 0) is 9.59 Å². The number of aryl methyl sites for hydroxylation is 1. The van der Waals surface area contributed by atoms with E-state index in [9.17, 15) is 14.0 Å². The van der Waals surface area contributed by atoms with Gasteiger partial charge in [-0.05, 0) is 30.7 Å². The van der Waals surface area contributed by atoms with Crippen LogP contribution in [0.4, 0.5) is 15.9 Å². The van der Waals surface area contributed by atoms with Crippen LogP contribution in [0.5, 0.6) is 0 Å². The lowest BCUT2D eigenvalue weighted by atomic mass is 10.1. The highest BCUT2D eigenvalue weighted by atomic mass is 19.1. The van der Waals surface area contributed by atoms with E-state index in [2.05, 4.69) is 10.3 Å². The Hall–Kier alpha value is -2.76. The monoisotopic (exact) mass is 313 g/mol. The summed E-state index contributed by atoms with van der Waals surface area (Å²) in [6.07, 6.45) is 1.65. The molecule has 6 heteroatoms. The lowest BCUT2D eigenvalue weighted by molar-refractivity contribution is -0.122. The van der Waals surface area contributed by atoms with Gasteiger partial charge in [-0.3, -0.25) is 9.59 Å². The molecule has 2 aromatic rings. The highest BCUT2D eigenvalue weighted by Crippen LogP contribution is 2.28. The highest BCUT2D eigenvalue weighted by Gasteiger charge is 2.36. The van der Waals surface area contributed by atoms with Crippen molar-refractivity contribution in [1.82, 2.24) is 4.98 Å². The van der Waals surface area contributed by atoms with Crippen LogP contribution in [0.15, 0.2) is 42.6 Å². The number of benzene rings is 1. The van der Waals surface area contributed by atoms with Crippen molar-refractivity contribution < 1.29 is 14.0 Å². The summed E-state index contributed by atoms with van der Waals surface area (Å²) in [5.41, 5.74) is 1.05. The van der Waals surface area contributed by atoms with Crippen molar-refractivity contribution in [3.05, 3.63) is 54.0 Å². The van der Waals surface area contributed by atoms with E-state index in [1.807, 2.05) is 13.0 Å². The third-order valence-electron chi connectivity index (χ3n) is 3.89. The fourth-order valence-corrected chi connectivity index (χ4v) is 2.62. The number of para-hydroxylation sites is 1. The van der Waals surface area contributed by atoms with Gasteiger partial charge >= 0.3 is 0 Å². The lowest BCUT2D eigenvalue weighted by Crippen LogP contribution is -2.29. The third kappa shape index (κ3) is 3.06. The van der Waals surface area contributed by atoms with Crippen molar-refractivity contribution in [3.63, 3.8) is 0 Å². The average molecular weight is 313 g/mol. The van der Waals surface area contributed by atoms with Crippen LogP contribution in [0.25, 0.3) is 0 Å². The van der Waals surface area contributed by atoms with Crippen LogP contribution in [0, 0.1) is 18.7 Å². The minimum atomic E-state index is -0.525. The van der Waals surface area contributed by atoms with Gasteiger partial charge in [0.2, 0.25) is 11.8 Å². The first-order valence-electron chi connectivity index (χ1n) is 7.33. The van der Waals surface area contributed by atoms with E-state index in [0.29, 0.717) is 5.82 Å². The van der Waals surface area contributed by atoms with Crippen molar-refractivity contribution in [3.8, 4) is 0 Å². The molecule has 2 amide bonds. The molecule has 5 nitrogen and oxygen atoms in total. The van der Waals surface area contributed by atoms with Crippen LogP contribution in [-0.4, -0.2) is 23.3 Å². The number of anilines is 2. The Balaban J connectivity index is 1.74. The molecular formula is C17H16FN3O2. The van der Waals surface area contributed by atoms with Crippen molar-refractivity contribution in [2.24, 2.45) is 5.92 Å². The minimum Gasteiger partial charge on any atom is -0.310 e. The van der Waals surface area contributed by atoms with E-state index in [1.54, 1.807) is 24.4 Å². The van der Waals surface area contributed by atoms with Gasteiger partial charge in [0.15, 0.2) is 0 Å². The summed E-state index contributed by atoms with van der Waals surface area (Å²) < 4.78 is 13.8. The molecule has 0 spiro atoms. The molecule has 0 radical (unpaired) electrons. The minimum absolute atomic E-state index is 0.0616. The molecule has 3 rings (SSSR count). The van der Waals surface area contributed by atoms with Crippen LogP contribution in [0.3, 0.4) is 0 Å². The molecule has 1 aliphatic rings. The molecule has 0 aliphatic carbocycles. The molecule has 1 fully saturated rings. The smallest absolute Gasteiger partial charge is 0.230 e. The zero-order valence-electron chi connectivity index (χ0n) is 12.6. The molecule has 1 N–H and O–H groups in total. The average Bonchev–Trinajstić information content (AvgIpc) is 2.92. The number of carbonyl (C=O) groups is 2. The number of pyridine rings is 1. The molecule has 1 atom stereocenters. The Bertz CT molecular complexity index is 763. The first kappa shape index (κ1) is 15.1. The number of halogens is 1. The maximum atomic E-state index is 13.8. The summed E-state index contributed by atoms with van der Waals surface area (Å²) in [6.45, 7) is 2.01. The lowest BCUT2D eigenvalue weighted by Gasteiger charge is -2.17. The summed E-state index contributed by atoms with van der Waals surface area (Å²) in [5.74, 6) is -1.05. The standard InChI is InChI=1S/C17H16FN3O2/c1-11-5-4-8-19-16(11)20-17(23)12-9-15(22)21(10-12)14-7-3-2-6-13(14)18/h2-8,12H,9-10H2,1H3,(H,19,20,23)/t12-/m1/s1. The molecule has 118 valence electrons. The van der Waals surface area contributed by atoms with Crippen LogP contribution in [0.1, 0.15) is 12.0 Å². The normalized spacial score (nSPS) is 17.4. The molecule has 1 aromatic heterocycles. The Labute approximate surface area is 133 Å². The molecule has 0 bridgehead atoms. The second-order valence-electron chi connectivity index (χ2n) is 5.51. The van der Waals surface area contributed by atoms with Gasteiger partial charge in [0.05, 0.1) is 11.6 Å². The number of nitrogens with one attached hydrogen (secondary N) is 1. The summed E-state index contributed by atoms with van der Waals surface area (Å²) in [6, 6.07) is 9.69. The number of rotatable bonds is 3. The molecule has 0 saturated carbocycles. The van der Waals surface area contributed by atoms with E-state index < -0.39 is 11.7 Å². The van der Waals surface area contributed by atoms with Crippen molar-refractivity contribution in [2.75, 3.05) is 16.8 Å². The Kier molecular flexibility index (Phi) is 4.06. The fourth-order valence-electron chi connectivity index (χ4n) is 2.62. The summed E-state index contributed by atoms with van der Waals surface area (Å²) >= 11 is 0. The van der Waals surface area contributed by atoms with Gasteiger partial charge in [-0.25, -0.2) is 9.37 Å². The van der Waals surface area contributed by atoms with Gasteiger partial charge in [-0.15, -0.1) is 0 Å². The predicted molar refractivity (Wildman–Crippen MR) is 84.5 cm³/mol. The van der Waals surface area contributed by atoms with Crippen molar-refractivity contribution >= 4 is 23.3 Å². The van der Waals surface area contributed by atoms with Crippen molar-refractivity contribution in [1.29, 1.82) is 0 Å². The van der Waals surface area contributed by atoms with E-state index in [0.717, 1.165) is 5.56 Å². The summed E-state index contributed by atoms with van der Waals surface area (Å²) in [4.78, 5) is 29.9. The van der Waals surface area contributed by atoms with E-state index >= 15 is 0 Å². The first-order chi connectivity index (χ1) is 11.1. The topological polar surface area (TPSA) is 62.3 Å². The van der Waals surface area contributed by atoms with Crippen LogP contribution < -0.4 is 10.2 Å². The number of amides is 2. The Morgan fingerprint density at radius 3 is 2.83 bits per heavy atom. The predicted octanol–water partition coefficient (Wildman–Crippen LogP) is 2.52. The number of nitrogens with zero attached hydrogens (tertiary/aromatic N) is 2. The van der Waals surface area contributed by atoms with E-state index in [4.69, 9.17) is 0 Å². The van der Waals surface area contributed by atoms with Crippen molar-refractivity contribution in [2.45, 2.75) is 13.3 Å². The number of hydrogen-bond donors (Lipinski definition) is 1. The number of hydrogen-bond acceptors (Lipinski definition) is 3. The van der Waals surface area contributed by atoms with Crippen LogP contribution in [0.2, 0.25) is 0 Å².